The zero-order valence-electron chi connectivity index (χ0n) is 14.8. The van der Waals surface area contributed by atoms with Crippen LogP contribution in [0.1, 0.15) is 21.5 Å². The van der Waals surface area contributed by atoms with Crippen LogP contribution in [0.2, 0.25) is 0 Å². The van der Waals surface area contributed by atoms with E-state index < -0.39 is 17.8 Å². The van der Waals surface area contributed by atoms with Crippen molar-refractivity contribution in [1.29, 1.82) is 0 Å². The Morgan fingerprint density at radius 3 is 2.81 bits per heavy atom. The second-order valence-corrected chi connectivity index (χ2v) is 6.49. The number of amides is 2. The molecule has 3 rings (SSSR count). The van der Waals surface area contributed by atoms with E-state index in [1.54, 1.807) is 12.1 Å². The van der Waals surface area contributed by atoms with Gasteiger partial charge in [0, 0.05) is 12.1 Å². The van der Waals surface area contributed by atoms with Crippen molar-refractivity contribution in [3.05, 3.63) is 59.2 Å². The summed E-state index contributed by atoms with van der Waals surface area (Å²) in [7, 11) is 0. The highest BCUT2D eigenvalue weighted by atomic mass is 16.5. The molecule has 27 heavy (non-hydrogen) atoms. The third-order valence-electron chi connectivity index (χ3n) is 4.30. The van der Waals surface area contributed by atoms with Crippen molar-refractivity contribution < 1.29 is 24.2 Å². The van der Waals surface area contributed by atoms with E-state index in [1.165, 1.54) is 6.07 Å². The van der Waals surface area contributed by atoms with Crippen LogP contribution in [0.15, 0.2) is 42.5 Å². The summed E-state index contributed by atoms with van der Waals surface area (Å²) >= 11 is 0. The number of carboxylic acid groups (broad SMARTS) is 1. The molecular formula is C20H20N2O5. The maximum atomic E-state index is 12.4. The van der Waals surface area contributed by atoms with Crippen LogP contribution in [0.3, 0.4) is 0 Å². The Labute approximate surface area is 156 Å². The van der Waals surface area contributed by atoms with Gasteiger partial charge >= 0.3 is 5.97 Å². The van der Waals surface area contributed by atoms with Gasteiger partial charge in [-0.3, -0.25) is 14.4 Å². The first kappa shape index (κ1) is 18.4. The lowest BCUT2D eigenvalue weighted by atomic mass is 9.98. The molecule has 1 atom stereocenters. The van der Waals surface area contributed by atoms with Gasteiger partial charge in [0.25, 0.3) is 11.8 Å². The molecule has 1 aliphatic rings. The lowest BCUT2D eigenvalue weighted by molar-refractivity contribution is -0.141. The van der Waals surface area contributed by atoms with Crippen LogP contribution in [-0.4, -0.2) is 36.0 Å². The summed E-state index contributed by atoms with van der Waals surface area (Å²) in [4.78, 5) is 35.2. The van der Waals surface area contributed by atoms with Crippen molar-refractivity contribution in [3.63, 3.8) is 0 Å². The van der Waals surface area contributed by atoms with Gasteiger partial charge in [0.1, 0.15) is 5.75 Å². The van der Waals surface area contributed by atoms with Gasteiger partial charge in [0.2, 0.25) is 0 Å². The molecule has 140 valence electrons. The fourth-order valence-electron chi connectivity index (χ4n) is 2.90. The van der Waals surface area contributed by atoms with Crippen molar-refractivity contribution in [2.45, 2.75) is 13.3 Å². The number of carbonyl (C=O) groups is 3. The number of fused-ring (bicyclic) bond motifs is 1. The lowest BCUT2D eigenvalue weighted by Crippen LogP contribution is -2.34. The number of aliphatic carboxylic acids is 1. The van der Waals surface area contributed by atoms with E-state index in [2.05, 4.69) is 10.6 Å². The van der Waals surface area contributed by atoms with E-state index in [9.17, 15) is 19.5 Å². The Hall–Kier alpha value is -3.35. The summed E-state index contributed by atoms with van der Waals surface area (Å²) in [5.41, 5.74) is 2.81. The largest absolute Gasteiger partial charge is 0.482 e. The fraction of sp³-hybridized carbons (Fsp3) is 0.250. The second kappa shape index (κ2) is 7.90. The van der Waals surface area contributed by atoms with Crippen LogP contribution < -0.4 is 15.4 Å². The van der Waals surface area contributed by atoms with Gasteiger partial charge in [-0.2, -0.15) is 0 Å². The maximum absolute atomic E-state index is 12.4. The van der Waals surface area contributed by atoms with Crippen LogP contribution in [0.4, 0.5) is 5.69 Å². The predicted molar refractivity (Wildman–Crippen MR) is 98.9 cm³/mol. The average molecular weight is 368 g/mol. The molecule has 0 fully saturated rings. The topological polar surface area (TPSA) is 105 Å². The van der Waals surface area contributed by atoms with Gasteiger partial charge in [-0.15, -0.1) is 0 Å². The van der Waals surface area contributed by atoms with Gasteiger partial charge in [0.05, 0.1) is 11.6 Å². The Morgan fingerprint density at radius 2 is 2.07 bits per heavy atom. The number of hydrogen-bond donors (Lipinski definition) is 3. The molecule has 0 aromatic heterocycles. The Balaban J connectivity index is 1.64. The van der Waals surface area contributed by atoms with Crippen LogP contribution >= 0.6 is 0 Å². The summed E-state index contributed by atoms with van der Waals surface area (Å²) in [6.07, 6.45) is 0.330. The summed E-state index contributed by atoms with van der Waals surface area (Å²) in [5, 5.41) is 14.8. The lowest BCUT2D eigenvalue weighted by Gasteiger charge is -2.18. The minimum Gasteiger partial charge on any atom is -0.482 e. The highest BCUT2D eigenvalue weighted by molar-refractivity contribution is 5.99. The van der Waals surface area contributed by atoms with Crippen molar-refractivity contribution >= 4 is 23.5 Å². The molecule has 1 aliphatic heterocycles. The highest BCUT2D eigenvalue weighted by Gasteiger charge is 2.21. The predicted octanol–water partition coefficient (Wildman–Crippen LogP) is 2.00. The SMILES string of the molecule is Cc1cccc(C[C@@H](CNC(=O)c2ccc3c(c2)OCC(=O)N3)C(=O)O)c1. The quantitative estimate of drug-likeness (QED) is 0.723. The number of rotatable bonds is 6. The van der Waals surface area contributed by atoms with Crippen LogP contribution in [0.25, 0.3) is 0 Å². The Bertz CT molecular complexity index is 894. The molecule has 0 aliphatic carbocycles. The molecule has 1 heterocycles. The van der Waals surface area contributed by atoms with E-state index >= 15 is 0 Å². The molecule has 2 aromatic carbocycles. The maximum Gasteiger partial charge on any atom is 0.308 e. The number of carboxylic acids is 1. The molecule has 0 radical (unpaired) electrons. The molecular weight excluding hydrogens is 348 g/mol. The summed E-state index contributed by atoms with van der Waals surface area (Å²) in [6, 6.07) is 12.3. The molecule has 0 bridgehead atoms. The second-order valence-electron chi connectivity index (χ2n) is 6.49. The molecule has 7 heteroatoms. The number of hydrogen-bond acceptors (Lipinski definition) is 4. The minimum atomic E-state index is -0.965. The van der Waals surface area contributed by atoms with E-state index in [4.69, 9.17) is 4.74 Å². The molecule has 2 aromatic rings. The standard InChI is InChI=1S/C20H20N2O5/c1-12-3-2-4-13(7-12)8-15(20(25)26)10-21-19(24)14-5-6-16-17(9-14)27-11-18(23)22-16/h2-7,9,15H,8,10-11H2,1H3,(H,21,24)(H,22,23)(H,25,26)/t15-/m0/s1. The Kier molecular flexibility index (Phi) is 5.40. The number of anilines is 1. The molecule has 0 spiro atoms. The smallest absolute Gasteiger partial charge is 0.308 e. The first-order valence-electron chi connectivity index (χ1n) is 8.55. The van der Waals surface area contributed by atoms with E-state index in [-0.39, 0.29) is 19.1 Å². The number of nitrogens with one attached hydrogen (secondary N) is 2. The normalized spacial score (nSPS) is 13.7. The first-order chi connectivity index (χ1) is 12.9. The fourth-order valence-corrected chi connectivity index (χ4v) is 2.90. The number of carbonyl (C=O) groups excluding carboxylic acids is 2. The van der Waals surface area contributed by atoms with Crippen molar-refractivity contribution in [1.82, 2.24) is 5.32 Å². The monoisotopic (exact) mass is 368 g/mol. The molecule has 2 amide bonds. The van der Waals surface area contributed by atoms with E-state index in [0.717, 1.165) is 11.1 Å². The van der Waals surface area contributed by atoms with Crippen molar-refractivity contribution in [2.24, 2.45) is 5.92 Å². The van der Waals surface area contributed by atoms with Crippen LogP contribution in [-0.2, 0) is 16.0 Å². The van der Waals surface area contributed by atoms with Crippen molar-refractivity contribution in [2.75, 3.05) is 18.5 Å². The average Bonchev–Trinajstić information content (AvgIpc) is 2.64. The van der Waals surface area contributed by atoms with Crippen LogP contribution in [0, 0.1) is 12.8 Å². The van der Waals surface area contributed by atoms with Gasteiger partial charge in [-0.1, -0.05) is 29.8 Å². The molecule has 0 unspecified atom stereocenters. The molecule has 3 N–H and O–H groups in total. The number of aryl methyl sites for hydroxylation is 1. The summed E-state index contributed by atoms with van der Waals surface area (Å²) in [6.45, 7) is 1.86. The zero-order chi connectivity index (χ0) is 19.4. The van der Waals surface area contributed by atoms with Gasteiger partial charge < -0.3 is 20.5 Å². The minimum absolute atomic E-state index is 0.0107. The Morgan fingerprint density at radius 1 is 1.26 bits per heavy atom. The van der Waals surface area contributed by atoms with Gasteiger partial charge in [-0.05, 0) is 37.1 Å². The molecule has 7 nitrogen and oxygen atoms in total. The zero-order valence-corrected chi connectivity index (χ0v) is 14.8. The molecule has 0 saturated carbocycles. The number of ether oxygens (including phenoxy) is 1. The third kappa shape index (κ3) is 4.63. The first-order valence-corrected chi connectivity index (χ1v) is 8.55. The number of benzene rings is 2. The summed E-state index contributed by atoms with van der Waals surface area (Å²) in [5.74, 6) is -1.93. The molecule has 0 saturated heterocycles. The van der Waals surface area contributed by atoms with Crippen LogP contribution in [0.5, 0.6) is 5.75 Å². The van der Waals surface area contributed by atoms with Crippen molar-refractivity contribution in [3.8, 4) is 5.75 Å². The van der Waals surface area contributed by atoms with E-state index in [1.807, 2.05) is 31.2 Å². The summed E-state index contributed by atoms with van der Waals surface area (Å²) < 4.78 is 5.29. The third-order valence-corrected chi connectivity index (χ3v) is 4.30. The van der Waals surface area contributed by atoms with Gasteiger partial charge in [0.15, 0.2) is 6.61 Å². The highest BCUT2D eigenvalue weighted by Crippen LogP contribution is 2.28. The van der Waals surface area contributed by atoms with E-state index in [0.29, 0.717) is 23.4 Å². The van der Waals surface area contributed by atoms with Gasteiger partial charge in [-0.25, -0.2) is 0 Å².